The van der Waals surface area contributed by atoms with Crippen LogP contribution in [0.5, 0.6) is 11.5 Å². The third-order valence-corrected chi connectivity index (χ3v) is 7.19. The number of rotatable bonds is 6. The van der Waals surface area contributed by atoms with E-state index in [2.05, 4.69) is 0 Å². The first-order chi connectivity index (χ1) is 13.1. The van der Waals surface area contributed by atoms with Crippen molar-refractivity contribution in [3.05, 3.63) is 54.1 Å². The van der Waals surface area contributed by atoms with Crippen LogP contribution in [0.25, 0.3) is 0 Å². The Kier molecular flexibility index (Phi) is 5.10. The molecule has 1 saturated carbocycles. The number of ether oxygens (including phenoxy) is 2. The average Bonchev–Trinajstić information content (AvgIpc) is 3.52. The number of fused-ring (bicyclic) bond motifs is 1. The molecule has 1 fully saturated rings. The standard InChI is InChI=1S/C21H25NO4S/c1-16(18-8-9-18)22(15-17-6-3-2-4-7-17)27(23,24)19-10-11-20-21(14-19)26-13-5-12-25-20/h2-4,6-7,10-11,14,16,18H,5,8-9,12-13,15H2,1H3. The highest BCUT2D eigenvalue weighted by Crippen LogP contribution is 2.39. The molecular formula is C21H25NO4S. The van der Waals surface area contributed by atoms with Crippen LogP contribution < -0.4 is 9.47 Å². The second-order valence-corrected chi connectivity index (χ2v) is 9.16. The zero-order chi connectivity index (χ0) is 18.9. The molecule has 2 aromatic rings. The molecule has 5 nitrogen and oxygen atoms in total. The molecule has 1 unspecified atom stereocenters. The molecule has 4 rings (SSSR count). The second kappa shape index (κ2) is 7.52. The number of hydrogen-bond donors (Lipinski definition) is 0. The lowest BCUT2D eigenvalue weighted by Gasteiger charge is -2.29. The molecule has 2 aromatic carbocycles. The smallest absolute Gasteiger partial charge is 0.243 e. The van der Waals surface area contributed by atoms with Crippen LogP contribution in [0.1, 0.15) is 31.7 Å². The maximum absolute atomic E-state index is 13.5. The fourth-order valence-corrected chi connectivity index (χ4v) is 5.16. The predicted octanol–water partition coefficient (Wildman–Crippen LogP) is 3.84. The van der Waals surface area contributed by atoms with E-state index in [1.807, 2.05) is 37.3 Å². The average molecular weight is 388 g/mol. The van der Waals surface area contributed by atoms with Crippen LogP contribution in [-0.4, -0.2) is 32.0 Å². The maximum Gasteiger partial charge on any atom is 0.243 e. The summed E-state index contributed by atoms with van der Waals surface area (Å²) in [5.41, 5.74) is 0.989. The third kappa shape index (κ3) is 3.96. The fraction of sp³-hybridized carbons (Fsp3) is 0.429. The fourth-order valence-electron chi connectivity index (χ4n) is 3.46. The van der Waals surface area contributed by atoms with Gasteiger partial charge >= 0.3 is 0 Å². The van der Waals surface area contributed by atoms with Crippen LogP contribution in [0.2, 0.25) is 0 Å². The number of benzene rings is 2. The molecule has 0 N–H and O–H groups in total. The Morgan fingerprint density at radius 1 is 1.04 bits per heavy atom. The Hall–Kier alpha value is -2.05. The van der Waals surface area contributed by atoms with Gasteiger partial charge in [-0.1, -0.05) is 30.3 Å². The van der Waals surface area contributed by atoms with E-state index < -0.39 is 10.0 Å². The molecule has 1 heterocycles. The second-order valence-electron chi connectivity index (χ2n) is 7.27. The highest BCUT2D eigenvalue weighted by atomic mass is 32.2. The van der Waals surface area contributed by atoms with E-state index in [0.29, 0.717) is 37.2 Å². The lowest BCUT2D eigenvalue weighted by molar-refractivity contribution is 0.296. The molecule has 0 bridgehead atoms. The van der Waals surface area contributed by atoms with Crippen molar-refractivity contribution >= 4 is 10.0 Å². The van der Waals surface area contributed by atoms with Gasteiger partial charge in [0, 0.05) is 25.1 Å². The largest absolute Gasteiger partial charge is 0.490 e. The minimum Gasteiger partial charge on any atom is -0.490 e. The van der Waals surface area contributed by atoms with Crippen LogP contribution in [0.3, 0.4) is 0 Å². The molecule has 0 radical (unpaired) electrons. The van der Waals surface area contributed by atoms with Crippen molar-refractivity contribution in [3.8, 4) is 11.5 Å². The Morgan fingerprint density at radius 2 is 1.74 bits per heavy atom. The molecule has 0 amide bonds. The van der Waals surface area contributed by atoms with Crippen molar-refractivity contribution in [1.29, 1.82) is 0 Å². The van der Waals surface area contributed by atoms with E-state index in [0.717, 1.165) is 24.8 Å². The predicted molar refractivity (Wildman–Crippen MR) is 103 cm³/mol. The van der Waals surface area contributed by atoms with Gasteiger partial charge in [0.2, 0.25) is 10.0 Å². The Balaban J connectivity index is 1.68. The van der Waals surface area contributed by atoms with Crippen molar-refractivity contribution in [2.75, 3.05) is 13.2 Å². The summed E-state index contributed by atoms with van der Waals surface area (Å²) in [7, 11) is -3.65. The Morgan fingerprint density at radius 3 is 2.44 bits per heavy atom. The van der Waals surface area contributed by atoms with Crippen LogP contribution in [0.15, 0.2) is 53.4 Å². The van der Waals surface area contributed by atoms with E-state index in [4.69, 9.17) is 9.47 Å². The van der Waals surface area contributed by atoms with Gasteiger partial charge in [-0.05, 0) is 43.4 Å². The summed E-state index contributed by atoms with van der Waals surface area (Å²) in [6.07, 6.45) is 2.96. The van der Waals surface area contributed by atoms with Crippen LogP contribution in [0.4, 0.5) is 0 Å². The van der Waals surface area contributed by atoms with Crippen molar-refractivity contribution in [2.45, 2.75) is 43.7 Å². The molecular weight excluding hydrogens is 362 g/mol. The first-order valence-corrected chi connectivity index (χ1v) is 10.9. The van der Waals surface area contributed by atoms with Gasteiger partial charge in [0.05, 0.1) is 18.1 Å². The molecule has 144 valence electrons. The van der Waals surface area contributed by atoms with Gasteiger partial charge < -0.3 is 9.47 Å². The molecule has 1 atom stereocenters. The molecule has 0 aromatic heterocycles. The van der Waals surface area contributed by atoms with Crippen LogP contribution >= 0.6 is 0 Å². The Bertz CT molecular complexity index is 894. The van der Waals surface area contributed by atoms with Gasteiger partial charge in [0.1, 0.15) is 0 Å². The van der Waals surface area contributed by atoms with Gasteiger partial charge in [-0.25, -0.2) is 8.42 Å². The number of hydrogen-bond acceptors (Lipinski definition) is 4. The lowest BCUT2D eigenvalue weighted by Crippen LogP contribution is -2.39. The van der Waals surface area contributed by atoms with Gasteiger partial charge in [-0.3, -0.25) is 0 Å². The zero-order valence-corrected chi connectivity index (χ0v) is 16.3. The van der Waals surface area contributed by atoms with Gasteiger partial charge in [-0.2, -0.15) is 4.31 Å². The minimum atomic E-state index is -3.65. The highest BCUT2D eigenvalue weighted by molar-refractivity contribution is 7.89. The van der Waals surface area contributed by atoms with Crippen molar-refractivity contribution in [2.24, 2.45) is 5.92 Å². The van der Waals surface area contributed by atoms with E-state index in [-0.39, 0.29) is 10.9 Å². The zero-order valence-electron chi connectivity index (χ0n) is 15.5. The van der Waals surface area contributed by atoms with E-state index >= 15 is 0 Å². The topological polar surface area (TPSA) is 55.8 Å². The molecule has 1 aliphatic heterocycles. The van der Waals surface area contributed by atoms with Gasteiger partial charge in [0.15, 0.2) is 11.5 Å². The number of sulfonamides is 1. The first-order valence-electron chi connectivity index (χ1n) is 9.51. The molecule has 2 aliphatic rings. The van der Waals surface area contributed by atoms with Crippen molar-refractivity contribution in [3.63, 3.8) is 0 Å². The minimum absolute atomic E-state index is 0.0359. The molecule has 0 spiro atoms. The van der Waals surface area contributed by atoms with Crippen LogP contribution in [0, 0.1) is 5.92 Å². The van der Waals surface area contributed by atoms with Gasteiger partial charge in [-0.15, -0.1) is 0 Å². The summed E-state index contributed by atoms with van der Waals surface area (Å²) in [6, 6.07) is 14.7. The van der Waals surface area contributed by atoms with E-state index in [1.165, 1.54) is 0 Å². The molecule has 0 saturated heterocycles. The first kappa shape index (κ1) is 18.3. The Labute approximate surface area is 161 Å². The summed E-state index contributed by atoms with van der Waals surface area (Å²) >= 11 is 0. The summed E-state index contributed by atoms with van der Waals surface area (Å²) in [5, 5.41) is 0. The quantitative estimate of drug-likeness (QED) is 0.756. The summed E-state index contributed by atoms with van der Waals surface area (Å²) in [5.74, 6) is 1.55. The highest BCUT2D eigenvalue weighted by Gasteiger charge is 2.38. The third-order valence-electron chi connectivity index (χ3n) is 5.27. The molecule has 6 heteroatoms. The molecule has 1 aliphatic carbocycles. The normalized spacial score (nSPS) is 18.1. The number of nitrogens with zero attached hydrogens (tertiary/aromatic N) is 1. The maximum atomic E-state index is 13.5. The summed E-state index contributed by atoms with van der Waals surface area (Å²) in [4.78, 5) is 0.259. The van der Waals surface area contributed by atoms with E-state index in [1.54, 1.807) is 22.5 Å². The molecule has 27 heavy (non-hydrogen) atoms. The van der Waals surface area contributed by atoms with Crippen molar-refractivity contribution < 1.29 is 17.9 Å². The van der Waals surface area contributed by atoms with E-state index in [9.17, 15) is 8.42 Å². The summed E-state index contributed by atoms with van der Waals surface area (Å²) in [6.45, 7) is 3.50. The summed E-state index contributed by atoms with van der Waals surface area (Å²) < 4.78 is 40.0. The SMILES string of the molecule is CC(C1CC1)N(Cc1ccccc1)S(=O)(=O)c1ccc2c(c1)OCCCO2. The van der Waals surface area contributed by atoms with Gasteiger partial charge in [0.25, 0.3) is 0 Å². The lowest BCUT2D eigenvalue weighted by atomic mass is 10.2. The monoisotopic (exact) mass is 387 g/mol. The van der Waals surface area contributed by atoms with Crippen LogP contribution in [-0.2, 0) is 16.6 Å². The van der Waals surface area contributed by atoms with Crippen molar-refractivity contribution in [1.82, 2.24) is 4.31 Å².